The lowest BCUT2D eigenvalue weighted by Crippen LogP contribution is -2.41. The first kappa shape index (κ1) is 12.9. The first-order chi connectivity index (χ1) is 8.65. The molecule has 1 fully saturated rings. The summed E-state index contributed by atoms with van der Waals surface area (Å²) in [7, 11) is 1.81. The third-order valence-corrected chi connectivity index (χ3v) is 3.47. The summed E-state index contributed by atoms with van der Waals surface area (Å²) in [5.74, 6) is 5.39. The van der Waals surface area contributed by atoms with Crippen LogP contribution in [0.5, 0.6) is 0 Å². The second-order valence-corrected chi connectivity index (χ2v) is 4.54. The Balaban J connectivity index is 2.20. The number of anilines is 1. The van der Waals surface area contributed by atoms with Crippen LogP contribution >= 0.6 is 0 Å². The number of hydrazine groups is 1. The molecule has 5 heteroatoms. The van der Waals surface area contributed by atoms with E-state index in [1.165, 1.54) is 0 Å². The van der Waals surface area contributed by atoms with Gasteiger partial charge in [0.15, 0.2) is 0 Å². The van der Waals surface area contributed by atoms with Gasteiger partial charge in [-0.15, -0.1) is 0 Å². The van der Waals surface area contributed by atoms with Crippen molar-refractivity contribution in [2.75, 3.05) is 19.1 Å². The van der Waals surface area contributed by atoms with Crippen molar-refractivity contribution in [1.29, 1.82) is 0 Å². The molecular formula is C13H19N3O2. The van der Waals surface area contributed by atoms with Gasteiger partial charge in [0.05, 0.1) is 23.4 Å². The van der Waals surface area contributed by atoms with Crippen LogP contribution in [0.1, 0.15) is 23.7 Å². The van der Waals surface area contributed by atoms with E-state index in [4.69, 9.17) is 10.6 Å². The number of nitrogen functional groups attached to an aromatic ring is 1. The van der Waals surface area contributed by atoms with Crippen LogP contribution in [0.15, 0.2) is 24.3 Å². The molecule has 0 radical (unpaired) electrons. The van der Waals surface area contributed by atoms with Crippen LogP contribution in [0.25, 0.3) is 0 Å². The fourth-order valence-electron chi connectivity index (χ4n) is 2.37. The number of likely N-dealkylation sites (N-methyl/N-ethyl adjacent to an activating group) is 1. The number of benzene rings is 1. The predicted octanol–water partition coefficient (Wildman–Crippen LogP) is 1.22. The third-order valence-electron chi connectivity index (χ3n) is 3.47. The fourth-order valence-corrected chi connectivity index (χ4v) is 2.37. The highest BCUT2D eigenvalue weighted by Gasteiger charge is 2.31. The van der Waals surface area contributed by atoms with E-state index in [1.54, 1.807) is 17.0 Å². The van der Waals surface area contributed by atoms with Crippen molar-refractivity contribution < 1.29 is 9.53 Å². The molecule has 0 bridgehead atoms. The summed E-state index contributed by atoms with van der Waals surface area (Å²) in [6.07, 6.45) is 0.957. The molecule has 5 nitrogen and oxygen atoms in total. The molecule has 98 valence electrons. The summed E-state index contributed by atoms with van der Waals surface area (Å²) in [6, 6.07) is 7.36. The van der Waals surface area contributed by atoms with Crippen LogP contribution in [0.4, 0.5) is 5.69 Å². The summed E-state index contributed by atoms with van der Waals surface area (Å²) in [4.78, 5) is 14.2. The number of hydrogen-bond donors (Lipinski definition) is 2. The Bertz CT molecular complexity index is 436. The quantitative estimate of drug-likeness (QED) is 0.624. The molecule has 0 saturated carbocycles. The number of nitrogens with zero attached hydrogens (tertiary/aromatic N) is 1. The van der Waals surface area contributed by atoms with Crippen molar-refractivity contribution in [3.8, 4) is 0 Å². The molecule has 0 aliphatic carbocycles. The maximum Gasteiger partial charge on any atom is 0.256 e. The zero-order valence-electron chi connectivity index (χ0n) is 10.7. The molecule has 1 aromatic carbocycles. The Morgan fingerprint density at radius 2 is 2.22 bits per heavy atom. The van der Waals surface area contributed by atoms with Crippen molar-refractivity contribution in [2.45, 2.75) is 25.5 Å². The van der Waals surface area contributed by atoms with E-state index in [2.05, 4.69) is 5.43 Å². The number of nitrogens with one attached hydrogen (secondary N) is 1. The van der Waals surface area contributed by atoms with Gasteiger partial charge in [0.25, 0.3) is 5.91 Å². The topological polar surface area (TPSA) is 67.6 Å². The van der Waals surface area contributed by atoms with Crippen LogP contribution in [-0.4, -0.2) is 36.6 Å². The zero-order chi connectivity index (χ0) is 13.1. The Morgan fingerprint density at radius 1 is 1.50 bits per heavy atom. The van der Waals surface area contributed by atoms with Gasteiger partial charge in [-0.3, -0.25) is 10.6 Å². The van der Waals surface area contributed by atoms with E-state index in [0.717, 1.165) is 6.42 Å². The van der Waals surface area contributed by atoms with Crippen molar-refractivity contribution in [1.82, 2.24) is 4.90 Å². The Kier molecular flexibility index (Phi) is 3.84. The monoisotopic (exact) mass is 249 g/mol. The molecule has 0 spiro atoms. The van der Waals surface area contributed by atoms with Gasteiger partial charge in [0, 0.05) is 13.7 Å². The van der Waals surface area contributed by atoms with Gasteiger partial charge in [0.2, 0.25) is 0 Å². The second-order valence-electron chi connectivity index (χ2n) is 4.54. The molecule has 2 unspecified atom stereocenters. The number of carbonyl (C=O) groups excluding carboxylic acids is 1. The summed E-state index contributed by atoms with van der Waals surface area (Å²) in [5, 5.41) is 0. The van der Waals surface area contributed by atoms with E-state index >= 15 is 0 Å². The second kappa shape index (κ2) is 5.37. The van der Waals surface area contributed by atoms with Crippen molar-refractivity contribution in [3.05, 3.63) is 29.8 Å². The van der Waals surface area contributed by atoms with Crippen LogP contribution < -0.4 is 11.3 Å². The molecule has 2 rings (SSSR count). The van der Waals surface area contributed by atoms with Gasteiger partial charge < -0.3 is 15.1 Å². The highest BCUT2D eigenvalue weighted by Crippen LogP contribution is 2.22. The Morgan fingerprint density at radius 3 is 2.83 bits per heavy atom. The summed E-state index contributed by atoms with van der Waals surface area (Å²) in [5.41, 5.74) is 3.78. The van der Waals surface area contributed by atoms with Gasteiger partial charge in [-0.1, -0.05) is 12.1 Å². The fraction of sp³-hybridized carbons (Fsp3) is 0.462. The minimum atomic E-state index is -0.0362. The SMILES string of the molecule is CC1OCCC1N(C)C(=O)c1ccccc1NN. The maximum absolute atomic E-state index is 12.4. The van der Waals surface area contributed by atoms with Gasteiger partial charge in [-0.25, -0.2) is 0 Å². The molecule has 1 aliphatic rings. The lowest BCUT2D eigenvalue weighted by atomic mass is 10.1. The summed E-state index contributed by atoms with van der Waals surface area (Å²) >= 11 is 0. The van der Waals surface area contributed by atoms with Crippen LogP contribution in [0.3, 0.4) is 0 Å². The normalized spacial score (nSPS) is 22.8. The maximum atomic E-state index is 12.4. The number of rotatable bonds is 3. The van der Waals surface area contributed by atoms with E-state index in [0.29, 0.717) is 17.9 Å². The average Bonchev–Trinajstić information content (AvgIpc) is 2.83. The molecule has 1 aromatic rings. The first-order valence-electron chi connectivity index (χ1n) is 6.09. The van der Waals surface area contributed by atoms with E-state index < -0.39 is 0 Å². The van der Waals surface area contributed by atoms with Crippen molar-refractivity contribution in [3.63, 3.8) is 0 Å². The number of ether oxygens (including phenoxy) is 1. The number of nitrogens with two attached hydrogens (primary N) is 1. The van der Waals surface area contributed by atoms with Crippen LogP contribution in [-0.2, 0) is 4.74 Å². The summed E-state index contributed by atoms with van der Waals surface area (Å²) < 4.78 is 5.49. The lowest BCUT2D eigenvalue weighted by molar-refractivity contribution is 0.0575. The molecule has 2 atom stereocenters. The molecule has 1 heterocycles. The standard InChI is InChI=1S/C13H19N3O2/c1-9-12(7-8-18-9)16(2)13(17)10-5-3-4-6-11(10)15-14/h3-6,9,12,15H,7-8,14H2,1-2H3. The highest BCUT2D eigenvalue weighted by molar-refractivity contribution is 5.99. The number of para-hydroxylation sites is 1. The van der Waals surface area contributed by atoms with E-state index in [1.807, 2.05) is 26.1 Å². The predicted molar refractivity (Wildman–Crippen MR) is 70.2 cm³/mol. The van der Waals surface area contributed by atoms with Crippen molar-refractivity contribution >= 4 is 11.6 Å². The molecule has 3 N–H and O–H groups in total. The molecule has 1 saturated heterocycles. The van der Waals surface area contributed by atoms with E-state index in [-0.39, 0.29) is 18.1 Å². The minimum Gasteiger partial charge on any atom is -0.376 e. The van der Waals surface area contributed by atoms with Crippen LogP contribution in [0, 0.1) is 0 Å². The average molecular weight is 249 g/mol. The minimum absolute atomic E-state index is 0.0362. The van der Waals surface area contributed by atoms with Gasteiger partial charge in [-0.05, 0) is 25.5 Å². The number of carbonyl (C=O) groups is 1. The molecular weight excluding hydrogens is 230 g/mol. The van der Waals surface area contributed by atoms with Gasteiger partial charge >= 0.3 is 0 Å². The molecule has 1 aliphatic heterocycles. The van der Waals surface area contributed by atoms with Gasteiger partial charge in [0.1, 0.15) is 0 Å². The Hall–Kier alpha value is -1.59. The van der Waals surface area contributed by atoms with E-state index in [9.17, 15) is 4.79 Å². The molecule has 0 aromatic heterocycles. The molecule has 18 heavy (non-hydrogen) atoms. The largest absolute Gasteiger partial charge is 0.376 e. The molecule has 1 amide bonds. The first-order valence-corrected chi connectivity index (χ1v) is 6.09. The smallest absolute Gasteiger partial charge is 0.256 e. The van der Waals surface area contributed by atoms with Crippen molar-refractivity contribution in [2.24, 2.45) is 5.84 Å². The van der Waals surface area contributed by atoms with Gasteiger partial charge in [-0.2, -0.15) is 0 Å². The van der Waals surface area contributed by atoms with Crippen LogP contribution in [0.2, 0.25) is 0 Å². The summed E-state index contributed by atoms with van der Waals surface area (Å²) in [6.45, 7) is 2.70. The lowest BCUT2D eigenvalue weighted by Gasteiger charge is -2.27. The Labute approximate surface area is 107 Å². The number of hydrogen-bond acceptors (Lipinski definition) is 4. The highest BCUT2D eigenvalue weighted by atomic mass is 16.5. The number of amides is 1. The zero-order valence-corrected chi connectivity index (χ0v) is 10.7. The third kappa shape index (κ3) is 2.32.